The third-order valence-corrected chi connectivity index (χ3v) is 9.74. The standard InChI is InChI=1S/C29H39N9O11S2/c1-28(2)22(24(41)38(28)49-51(44,45)46)36-23(40)21(18-13-50-26(31)35-18)37-48-29(3,25(42)43)20-7-5-15-8-14(4-6-19(15)47-20)16-10-32-27(33-11-16)34-12-17(39)9-30/h4,6,8,13,16-17,20,22,39H,5,7,9-12,30H2,1-3H3,(H2,31,35)(H,36,40)(H,42,43)(H2,32,33,34)(H,44,45,46)/b37-21-/t17-,20+,22?,29-/m0/s1. The molecule has 0 spiro atoms. The number of guanidine groups is 1. The number of benzene rings is 1. The Bertz CT molecular complexity index is 1850. The van der Waals surface area contributed by atoms with Crippen LogP contribution >= 0.6 is 11.3 Å². The second-order valence-electron chi connectivity index (χ2n) is 12.8. The highest BCUT2D eigenvalue weighted by Crippen LogP contribution is 2.36. The summed E-state index contributed by atoms with van der Waals surface area (Å²) in [7, 11) is -5.03. The monoisotopic (exact) mass is 753 g/mol. The van der Waals surface area contributed by atoms with Gasteiger partial charge in [0.2, 0.25) is 0 Å². The molecule has 22 heteroatoms. The number of aliphatic hydroxyl groups is 1. The van der Waals surface area contributed by atoms with Crippen molar-refractivity contribution in [3.05, 3.63) is 40.4 Å². The molecular weight excluding hydrogens is 715 g/mol. The molecule has 1 aromatic carbocycles. The van der Waals surface area contributed by atoms with Crippen molar-refractivity contribution < 1.29 is 51.4 Å². The Morgan fingerprint density at radius 1 is 1.35 bits per heavy atom. The number of β-lactam (4-membered cyclic amide) rings is 1. The first-order valence-corrected chi connectivity index (χ1v) is 17.9. The van der Waals surface area contributed by atoms with Crippen LogP contribution in [0.3, 0.4) is 0 Å². The Morgan fingerprint density at radius 2 is 2.10 bits per heavy atom. The first kappa shape index (κ1) is 37.6. The third kappa shape index (κ3) is 8.15. The lowest BCUT2D eigenvalue weighted by Gasteiger charge is -2.50. The number of nitrogens with one attached hydrogen (secondary N) is 3. The molecule has 5 rings (SSSR count). The van der Waals surface area contributed by atoms with Crippen LogP contribution in [-0.2, 0) is 40.3 Å². The number of thiazole rings is 1. The molecule has 1 aromatic heterocycles. The van der Waals surface area contributed by atoms with Crippen molar-refractivity contribution in [3.8, 4) is 5.75 Å². The number of anilines is 1. The Labute approximate surface area is 296 Å². The second kappa shape index (κ2) is 14.6. The fourth-order valence-corrected chi connectivity index (χ4v) is 6.63. The molecule has 1 saturated heterocycles. The van der Waals surface area contributed by atoms with Crippen molar-refractivity contribution in [2.24, 2.45) is 15.9 Å². The van der Waals surface area contributed by atoms with E-state index in [2.05, 4.69) is 35.4 Å². The Kier molecular flexibility index (Phi) is 10.7. The maximum atomic E-state index is 13.5. The summed E-state index contributed by atoms with van der Waals surface area (Å²) < 4.78 is 41.8. The van der Waals surface area contributed by atoms with Crippen LogP contribution in [0.4, 0.5) is 5.13 Å². The second-order valence-corrected chi connectivity index (χ2v) is 14.7. The van der Waals surface area contributed by atoms with E-state index in [0.29, 0.717) is 36.3 Å². The largest absolute Gasteiger partial charge is 0.485 e. The highest BCUT2D eigenvalue weighted by molar-refractivity contribution is 7.80. The molecule has 51 heavy (non-hydrogen) atoms. The van der Waals surface area contributed by atoms with Crippen molar-refractivity contribution in [1.29, 1.82) is 0 Å². The molecule has 10 N–H and O–H groups in total. The van der Waals surface area contributed by atoms with E-state index < -0.39 is 63.3 Å². The number of carbonyl (C=O) groups is 3. The van der Waals surface area contributed by atoms with Crippen LogP contribution in [0.15, 0.2) is 33.7 Å². The summed E-state index contributed by atoms with van der Waals surface area (Å²) in [6.45, 7) is 5.50. The van der Waals surface area contributed by atoms with Gasteiger partial charge in [0.1, 0.15) is 17.5 Å². The zero-order chi connectivity index (χ0) is 37.3. The number of carboxylic acid groups (broad SMARTS) is 1. The number of ether oxygens (including phenoxy) is 1. The minimum atomic E-state index is -5.03. The topological polar surface area (TPSA) is 303 Å². The molecule has 1 fully saturated rings. The fraction of sp³-hybridized carbons (Fsp3) is 0.517. The molecule has 4 heterocycles. The number of aliphatic imine (C=N–C) groups is 1. The number of hydrogen-bond acceptors (Lipinski definition) is 17. The van der Waals surface area contributed by atoms with Gasteiger partial charge in [-0.05, 0) is 50.8 Å². The molecule has 0 saturated carbocycles. The summed E-state index contributed by atoms with van der Waals surface area (Å²) in [6, 6.07) is 4.27. The Balaban J connectivity index is 1.30. The van der Waals surface area contributed by atoms with Crippen LogP contribution in [-0.4, -0.2) is 118 Å². The van der Waals surface area contributed by atoms with Crippen LogP contribution in [0.25, 0.3) is 0 Å². The molecule has 278 valence electrons. The highest BCUT2D eigenvalue weighted by Gasteiger charge is 2.58. The van der Waals surface area contributed by atoms with Gasteiger partial charge in [-0.1, -0.05) is 17.3 Å². The summed E-state index contributed by atoms with van der Waals surface area (Å²) in [6.07, 6.45) is -1.08. The third-order valence-electron chi connectivity index (χ3n) is 8.73. The minimum absolute atomic E-state index is 0.0566. The van der Waals surface area contributed by atoms with E-state index in [9.17, 15) is 33.0 Å². The zero-order valence-corrected chi connectivity index (χ0v) is 29.4. The van der Waals surface area contributed by atoms with Gasteiger partial charge >= 0.3 is 16.4 Å². The quantitative estimate of drug-likeness (QED) is 0.0498. The first-order chi connectivity index (χ1) is 23.9. The first-order valence-electron chi connectivity index (χ1n) is 15.7. The number of nitrogens with two attached hydrogens (primary N) is 2. The number of nitrogen functional groups attached to an aromatic ring is 1. The zero-order valence-electron chi connectivity index (χ0n) is 27.7. The number of fused-ring (bicyclic) bond motifs is 1. The number of aryl methyl sites for hydroxylation is 1. The average Bonchev–Trinajstić information content (AvgIpc) is 3.52. The molecule has 3 aliphatic heterocycles. The predicted octanol–water partition coefficient (Wildman–Crippen LogP) is -1.52. The number of carbonyl (C=O) groups excluding carboxylic acids is 2. The van der Waals surface area contributed by atoms with Crippen LogP contribution in [0.1, 0.15) is 49.9 Å². The number of hydroxylamine groups is 2. The lowest BCUT2D eigenvalue weighted by Crippen LogP contribution is -2.76. The lowest BCUT2D eigenvalue weighted by atomic mass is 9.84. The van der Waals surface area contributed by atoms with E-state index in [1.54, 1.807) is 6.07 Å². The number of amides is 2. The molecule has 3 aliphatic rings. The number of oxime groups is 1. The molecule has 0 bridgehead atoms. The van der Waals surface area contributed by atoms with Crippen LogP contribution in [0, 0.1) is 0 Å². The molecule has 0 radical (unpaired) electrons. The van der Waals surface area contributed by atoms with Crippen LogP contribution in [0.5, 0.6) is 5.75 Å². The molecule has 2 aromatic rings. The van der Waals surface area contributed by atoms with Gasteiger partial charge in [0.05, 0.1) is 18.2 Å². The smallest absolute Gasteiger partial charge is 0.418 e. The summed E-state index contributed by atoms with van der Waals surface area (Å²) >= 11 is 0.963. The number of aliphatic hydroxyl groups excluding tert-OH is 1. The fourth-order valence-electron chi connectivity index (χ4n) is 5.63. The maximum Gasteiger partial charge on any atom is 0.418 e. The minimum Gasteiger partial charge on any atom is -0.485 e. The lowest BCUT2D eigenvalue weighted by molar-refractivity contribution is -0.218. The maximum absolute atomic E-state index is 13.5. The van der Waals surface area contributed by atoms with Gasteiger partial charge in [-0.15, -0.1) is 15.6 Å². The SMILES string of the molecule is CC1(C)C(NC(=O)/C(=N\O[C@](C)(C(=O)O)[C@H]2CCc3cc(C4CN=C(NC[C@@H](O)CN)NC4)ccc3O2)c2csc(N)n2)C(=O)N1OS(=O)(=O)O. The molecule has 0 aliphatic carbocycles. The highest BCUT2D eigenvalue weighted by atomic mass is 32.3. The van der Waals surface area contributed by atoms with Gasteiger partial charge in [0.25, 0.3) is 17.4 Å². The van der Waals surface area contributed by atoms with E-state index in [0.717, 1.165) is 22.5 Å². The van der Waals surface area contributed by atoms with E-state index in [1.807, 2.05) is 12.1 Å². The molecule has 20 nitrogen and oxygen atoms in total. The van der Waals surface area contributed by atoms with Crippen molar-refractivity contribution >= 4 is 56.3 Å². The van der Waals surface area contributed by atoms with Gasteiger partial charge < -0.3 is 47.2 Å². The molecule has 2 amide bonds. The Morgan fingerprint density at radius 3 is 2.69 bits per heavy atom. The summed E-state index contributed by atoms with van der Waals surface area (Å²) in [5, 5.41) is 34.3. The van der Waals surface area contributed by atoms with Gasteiger partial charge in [0, 0.05) is 30.9 Å². The number of carboxylic acids is 1. The van der Waals surface area contributed by atoms with Gasteiger partial charge in [-0.25, -0.2) is 9.78 Å². The summed E-state index contributed by atoms with van der Waals surface area (Å²) in [5.74, 6) is -2.36. The van der Waals surface area contributed by atoms with E-state index in [1.165, 1.54) is 26.2 Å². The summed E-state index contributed by atoms with van der Waals surface area (Å²) in [4.78, 5) is 52.9. The van der Waals surface area contributed by atoms with E-state index >= 15 is 0 Å². The molecule has 2 unspecified atom stereocenters. The van der Waals surface area contributed by atoms with E-state index in [-0.39, 0.29) is 36.3 Å². The average molecular weight is 754 g/mol. The van der Waals surface area contributed by atoms with Gasteiger partial charge in [-0.2, -0.15) is 13.5 Å². The van der Waals surface area contributed by atoms with Gasteiger partial charge in [-0.3, -0.25) is 19.1 Å². The Hall–Kier alpha value is -4.61. The predicted molar refractivity (Wildman–Crippen MR) is 181 cm³/mol. The van der Waals surface area contributed by atoms with Crippen molar-refractivity contribution in [2.75, 3.05) is 31.9 Å². The van der Waals surface area contributed by atoms with E-state index in [4.69, 9.17) is 25.6 Å². The number of hydrogen-bond donors (Lipinski definition) is 8. The normalized spacial score (nSPS) is 23.3. The number of aromatic nitrogens is 1. The number of rotatable bonds is 13. The van der Waals surface area contributed by atoms with Crippen molar-refractivity contribution in [1.82, 2.24) is 26.0 Å². The van der Waals surface area contributed by atoms with Gasteiger partial charge in [0.15, 0.2) is 22.9 Å². The molecule has 5 atom stereocenters. The number of nitrogens with zero attached hydrogens (tertiary/aromatic N) is 4. The number of aliphatic carboxylic acids is 1. The van der Waals surface area contributed by atoms with Crippen molar-refractivity contribution in [2.45, 2.75) is 68.9 Å². The van der Waals surface area contributed by atoms with Crippen LogP contribution in [0.2, 0.25) is 0 Å². The van der Waals surface area contributed by atoms with Crippen LogP contribution < -0.4 is 32.2 Å². The molecular formula is C29H39N9O11S2. The summed E-state index contributed by atoms with van der Waals surface area (Å²) in [5.41, 5.74) is 8.91. The van der Waals surface area contributed by atoms with Crippen molar-refractivity contribution in [3.63, 3.8) is 0 Å².